The highest BCUT2D eigenvalue weighted by atomic mass is 16.5. The van der Waals surface area contributed by atoms with Gasteiger partial charge in [-0.25, -0.2) is 4.79 Å². The van der Waals surface area contributed by atoms with Gasteiger partial charge in [0, 0.05) is 31.1 Å². The molecule has 1 saturated heterocycles. The van der Waals surface area contributed by atoms with E-state index in [1.54, 1.807) is 19.2 Å². The van der Waals surface area contributed by atoms with Gasteiger partial charge in [0.25, 0.3) is 0 Å². The minimum atomic E-state index is -0.429. The number of morpholine rings is 1. The molecular weight excluding hydrogens is 298 g/mol. The fraction of sp³-hybridized carbons (Fsp3) is 0.471. The summed E-state index contributed by atoms with van der Waals surface area (Å²) in [6.45, 7) is 4.74. The van der Waals surface area contributed by atoms with Gasteiger partial charge in [0.2, 0.25) is 5.76 Å². The first-order valence-corrected chi connectivity index (χ1v) is 7.81. The Kier molecular flexibility index (Phi) is 5.15. The predicted octanol–water partition coefficient (Wildman–Crippen LogP) is 2.32. The minimum Gasteiger partial charge on any atom is -0.497 e. The molecule has 0 amide bonds. The molecule has 6 nitrogen and oxygen atoms in total. The molecule has 124 valence electrons. The zero-order chi connectivity index (χ0) is 16.1. The first-order chi connectivity index (χ1) is 11.3. The number of hydrogen-bond donors (Lipinski definition) is 0. The molecule has 3 rings (SSSR count). The lowest BCUT2D eigenvalue weighted by atomic mass is 10.2. The number of benzene rings is 1. The van der Waals surface area contributed by atoms with Crippen LogP contribution in [0, 0.1) is 0 Å². The van der Waals surface area contributed by atoms with Gasteiger partial charge in [-0.3, -0.25) is 4.90 Å². The number of esters is 1. The highest BCUT2D eigenvalue weighted by Crippen LogP contribution is 2.24. The Morgan fingerprint density at radius 3 is 2.87 bits per heavy atom. The van der Waals surface area contributed by atoms with Crippen LogP contribution in [0.4, 0.5) is 0 Å². The summed E-state index contributed by atoms with van der Waals surface area (Å²) < 4.78 is 21.3. The summed E-state index contributed by atoms with van der Waals surface area (Å²) in [5.74, 6) is 0.485. The third-order valence-electron chi connectivity index (χ3n) is 3.88. The van der Waals surface area contributed by atoms with Crippen LogP contribution in [0.25, 0.3) is 11.0 Å². The van der Waals surface area contributed by atoms with Crippen LogP contribution in [0.3, 0.4) is 0 Å². The van der Waals surface area contributed by atoms with Crippen molar-refractivity contribution in [2.75, 3.05) is 46.6 Å². The largest absolute Gasteiger partial charge is 0.497 e. The number of methoxy groups -OCH3 is 1. The molecule has 1 aromatic carbocycles. The molecule has 0 unspecified atom stereocenters. The maximum absolute atomic E-state index is 12.0. The molecule has 0 saturated carbocycles. The fourth-order valence-corrected chi connectivity index (χ4v) is 2.59. The summed E-state index contributed by atoms with van der Waals surface area (Å²) in [4.78, 5) is 14.3. The lowest BCUT2D eigenvalue weighted by molar-refractivity contribution is 0.0289. The summed E-state index contributed by atoms with van der Waals surface area (Å²) >= 11 is 0. The van der Waals surface area contributed by atoms with Gasteiger partial charge in [-0.05, 0) is 24.6 Å². The van der Waals surface area contributed by atoms with Gasteiger partial charge in [-0.2, -0.15) is 0 Å². The van der Waals surface area contributed by atoms with E-state index in [0.29, 0.717) is 17.9 Å². The standard InChI is InChI=1S/C17H21NO5/c1-20-14-4-3-13-11-16(23-15(13)12-14)17(19)22-8-2-5-18-6-9-21-10-7-18/h3-4,11-12H,2,5-10H2,1H3. The second kappa shape index (κ2) is 7.48. The number of carbonyl (C=O) groups excluding carboxylic acids is 1. The lowest BCUT2D eigenvalue weighted by Gasteiger charge is -2.26. The van der Waals surface area contributed by atoms with E-state index in [4.69, 9.17) is 18.6 Å². The monoisotopic (exact) mass is 319 g/mol. The highest BCUT2D eigenvalue weighted by molar-refractivity contribution is 5.92. The fourth-order valence-electron chi connectivity index (χ4n) is 2.59. The smallest absolute Gasteiger partial charge is 0.374 e. The number of furan rings is 1. The van der Waals surface area contributed by atoms with Crippen molar-refractivity contribution < 1.29 is 23.4 Å². The molecular formula is C17H21NO5. The van der Waals surface area contributed by atoms with Crippen molar-refractivity contribution in [3.8, 4) is 5.75 Å². The van der Waals surface area contributed by atoms with Crippen molar-refractivity contribution in [2.24, 2.45) is 0 Å². The SMILES string of the molecule is COc1ccc2cc(C(=O)OCCCN3CCOCC3)oc2c1. The quantitative estimate of drug-likeness (QED) is 0.601. The summed E-state index contributed by atoms with van der Waals surface area (Å²) in [5.41, 5.74) is 0.615. The molecule has 23 heavy (non-hydrogen) atoms. The van der Waals surface area contributed by atoms with Gasteiger partial charge in [-0.1, -0.05) is 0 Å². The van der Waals surface area contributed by atoms with Gasteiger partial charge in [0.1, 0.15) is 11.3 Å². The Labute approximate surface area is 134 Å². The first-order valence-electron chi connectivity index (χ1n) is 7.81. The number of nitrogens with zero attached hydrogens (tertiary/aromatic N) is 1. The van der Waals surface area contributed by atoms with E-state index >= 15 is 0 Å². The third-order valence-corrected chi connectivity index (χ3v) is 3.88. The van der Waals surface area contributed by atoms with Crippen LogP contribution in [0.5, 0.6) is 5.75 Å². The van der Waals surface area contributed by atoms with Crippen molar-refractivity contribution >= 4 is 16.9 Å². The van der Waals surface area contributed by atoms with Crippen molar-refractivity contribution in [2.45, 2.75) is 6.42 Å². The number of carbonyl (C=O) groups is 1. The number of rotatable bonds is 6. The van der Waals surface area contributed by atoms with Crippen LogP contribution in [0.1, 0.15) is 17.0 Å². The molecule has 1 aliphatic heterocycles. The van der Waals surface area contributed by atoms with Crippen LogP contribution in [0.15, 0.2) is 28.7 Å². The van der Waals surface area contributed by atoms with Crippen molar-refractivity contribution in [1.29, 1.82) is 0 Å². The maximum atomic E-state index is 12.0. The van der Waals surface area contributed by atoms with Crippen LogP contribution in [-0.4, -0.2) is 57.4 Å². The van der Waals surface area contributed by atoms with Crippen LogP contribution in [0.2, 0.25) is 0 Å². The molecule has 1 aliphatic rings. The predicted molar refractivity (Wildman–Crippen MR) is 84.9 cm³/mol. The molecule has 0 radical (unpaired) electrons. The Morgan fingerprint density at radius 2 is 2.09 bits per heavy atom. The Balaban J connectivity index is 1.49. The zero-order valence-corrected chi connectivity index (χ0v) is 13.2. The third kappa shape index (κ3) is 4.03. The van der Waals surface area contributed by atoms with E-state index in [1.165, 1.54) is 0 Å². The van der Waals surface area contributed by atoms with Gasteiger partial charge < -0.3 is 18.6 Å². The lowest BCUT2D eigenvalue weighted by Crippen LogP contribution is -2.37. The molecule has 0 aliphatic carbocycles. The van der Waals surface area contributed by atoms with Crippen LogP contribution < -0.4 is 4.74 Å². The van der Waals surface area contributed by atoms with Crippen molar-refractivity contribution in [3.63, 3.8) is 0 Å². The van der Waals surface area contributed by atoms with Gasteiger partial charge in [0.05, 0.1) is 26.9 Å². The van der Waals surface area contributed by atoms with Gasteiger partial charge >= 0.3 is 5.97 Å². The molecule has 1 aromatic heterocycles. The molecule has 0 spiro atoms. The van der Waals surface area contributed by atoms with E-state index in [-0.39, 0.29) is 5.76 Å². The molecule has 0 N–H and O–H groups in total. The van der Waals surface area contributed by atoms with E-state index in [0.717, 1.165) is 44.7 Å². The number of ether oxygens (including phenoxy) is 3. The molecule has 6 heteroatoms. The minimum absolute atomic E-state index is 0.222. The maximum Gasteiger partial charge on any atom is 0.374 e. The normalized spacial score (nSPS) is 15.7. The van der Waals surface area contributed by atoms with E-state index < -0.39 is 5.97 Å². The molecule has 1 fully saturated rings. The average molecular weight is 319 g/mol. The molecule has 2 heterocycles. The van der Waals surface area contributed by atoms with Gasteiger partial charge in [0.15, 0.2) is 0 Å². The topological polar surface area (TPSA) is 61.1 Å². The van der Waals surface area contributed by atoms with E-state index in [9.17, 15) is 4.79 Å². The Morgan fingerprint density at radius 1 is 1.26 bits per heavy atom. The molecule has 0 atom stereocenters. The second-order valence-corrected chi connectivity index (χ2v) is 5.46. The van der Waals surface area contributed by atoms with Crippen molar-refractivity contribution in [1.82, 2.24) is 4.90 Å². The van der Waals surface area contributed by atoms with Crippen LogP contribution >= 0.6 is 0 Å². The Bertz CT molecular complexity index is 660. The van der Waals surface area contributed by atoms with Crippen LogP contribution in [-0.2, 0) is 9.47 Å². The number of fused-ring (bicyclic) bond motifs is 1. The average Bonchev–Trinajstić information content (AvgIpc) is 3.02. The summed E-state index contributed by atoms with van der Waals surface area (Å²) in [7, 11) is 1.59. The number of hydrogen-bond acceptors (Lipinski definition) is 6. The van der Waals surface area contributed by atoms with Gasteiger partial charge in [-0.15, -0.1) is 0 Å². The summed E-state index contributed by atoms with van der Waals surface area (Å²) in [5, 5.41) is 0.853. The first kappa shape index (κ1) is 15.8. The summed E-state index contributed by atoms with van der Waals surface area (Å²) in [6, 6.07) is 7.13. The Hall–Kier alpha value is -2.05. The summed E-state index contributed by atoms with van der Waals surface area (Å²) in [6.07, 6.45) is 0.805. The molecule has 0 bridgehead atoms. The second-order valence-electron chi connectivity index (χ2n) is 5.46. The van der Waals surface area contributed by atoms with Crippen molar-refractivity contribution in [3.05, 3.63) is 30.0 Å². The van der Waals surface area contributed by atoms with E-state index in [1.807, 2.05) is 12.1 Å². The van der Waals surface area contributed by atoms with E-state index in [2.05, 4.69) is 4.90 Å². The zero-order valence-electron chi connectivity index (χ0n) is 13.2. The molecule has 2 aromatic rings. The highest BCUT2D eigenvalue weighted by Gasteiger charge is 2.15.